The molecule has 0 bridgehead atoms. The number of nitrogens with zero attached hydrogens (tertiary/aromatic N) is 1. The van der Waals surface area contributed by atoms with Crippen LogP contribution in [-0.4, -0.2) is 31.4 Å². The van der Waals surface area contributed by atoms with E-state index in [9.17, 15) is 4.79 Å². The van der Waals surface area contributed by atoms with Crippen molar-refractivity contribution in [1.82, 2.24) is 10.2 Å². The van der Waals surface area contributed by atoms with Gasteiger partial charge in [-0.05, 0) is 57.5 Å². The summed E-state index contributed by atoms with van der Waals surface area (Å²) in [5.41, 5.74) is 2.14. The SMILES string of the molecule is CN(C)[C@H](CNC(=O)c1csc2c1CCCC2)c1ccco1. The largest absolute Gasteiger partial charge is 0.468 e. The molecule has 3 rings (SSSR count). The fourth-order valence-corrected chi connectivity index (χ4v) is 4.11. The summed E-state index contributed by atoms with van der Waals surface area (Å²) < 4.78 is 5.48. The maximum atomic E-state index is 12.5. The molecule has 1 amide bonds. The second kappa shape index (κ2) is 6.67. The highest BCUT2D eigenvalue weighted by Gasteiger charge is 2.22. The van der Waals surface area contributed by atoms with Crippen molar-refractivity contribution in [3.05, 3.63) is 45.5 Å². The molecule has 2 aromatic heterocycles. The number of thiophene rings is 1. The Balaban J connectivity index is 1.68. The third kappa shape index (κ3) is 3.10. The summed E-state index contributed by atoms with van der Waals surface area (Å²) in [6.07, 6.45) is 6.27. The first-order valence-corrected chi connectivity index (χ1v) is 8.62. The molecule has 0 unspecified atom stereocenters. The lowest BCUT2D eigenvalue weighted by atomic mass is 9.95. The molecule has 5 heteroatoms. The van der Waals surface area contributed by atoms with E-state index in [-0.39, 0.29) is 11.9 Å². The Bertz CT molecular complexity index is 631. The molecule has 2 aromatic rings. The highest BCUT2D eigenvalue weighted by atomic mass is 32.1. The molecule has 1 aliphatic carbocycles. The fraction of sp³-hybridized carbons (Fsp3) is 0.471. The van der Waals surface area contributed by atoms with Crippen LogP contribution < -0.4 is 5.32 Å². The summed E-state index contributed by atoms with van der Waals surface area (Å²) in [7, 11) is 3.98. The summed E-state index contributed by atoms with van der Waals surface area (Å²) in [5, 5.41) is 5.09. The number of amides is 1. The third-order valence-electron chi connectivity index (χ3n) is 4.26. The molecule has 0 aromatic carbocycles. The van der Waals surface area contributed by atoms with E-state index in [1.807, 2.05) is 31.6 Å². The van der Waals surface area contributed by atoms with Crippen LogP contribution in [0.15, 0.2) is 28.2 Å². The van der Waals surface area contributed by atoms with Gasteiger partial charge in [0.2, 0.25) is 0 Å². The maximum Gasteiger partial charge on any atom is 0.252 e. The zero-order valence-corrected chi connectivity index (χ0v) is 13.9. The minimum atomic E-state index is 0.0396. The Morgan fingerprint density at radius 3 is 2.95 bits per heavy atom. The van der Waals surface area contributed by atoms with Crippen molar-refractivity contribution in [3.63, 3.8) is 0 Å². The number of aryl methyl sites for hydroxylation is 1. The number of furan rings is 1. The second-order valence-corrected chi connectivity index (χ2v) is 6.93. The molecular formula is C17H22N2O2S. The molecule has 1 atom stereocenters. The van der Waals surface area contributed by atoms with Gasteiger partial charge >= 0.3 is 0 Å². The van der Waals surface area contributed by atoms with Gasteiger partial charge in [-0.15, -0.1) is 11.3 Å². The highest BCUT2D eigenvalue weighted by Crippen LogP contribution is 2.30. The van der Waals surface area contributed by atoms with Gasteiger partial charge in [0.25, 0.3) is 5.91 Å². The molecule has 2 heterocycles. The molecular weight excluding hydrogens is 296 g/mol. The maximum absolute atomic E-state index is 12.5. The smallest absolute Gasteiger partial charge is 0.252 e. The summed E-state index contributed by atoms with van der Waals surface area (Å²) in [6, 6.07) is 3.88. The van der Waals surface area contributed by atoms with Gasteiger partial charge in [-0.2, -0.15) is 0 Å². The molecule has 118 valence electrons. The Labute approximate surface area is 135 Å². The van der Waals surface area contributed by atoms with E-state index in [0.29, 0.717) is 6.54 Å². The van der Waals surface area contributed by atoms with Crippen LogP contribution in [0.25, 0.3) is 0 Å². The van der Waals surface area contributed by atoms with Crippen molar-refractivity contribution in [2.45, 2.75) is 31.7 Å². The number of rotatable bonds is 5. The van der Waals surface area contributed by atoms with E-state index in [1.165, 1.54) is 23.3 Å². The number of carbonyl (C=O) groups excluding carboxylic acids is 1. The molecule has 1 aliphatic rings. The van der Waals surface area contributed by atoms with Crippen LogP contribution >= 0.6 is 11.3 Å². The van der Waals surface area contributed by atoms with Crippen molar-refractivity contribution in [1.29, 1.82) is 0 Å². The average Bonchev–Trinajstić information content (AvgIpc) is 3.16. The summed E-state index contributed by atoms with van der Waals surface area (Å²) in [4.78, 5) is 16.0. The van der Waals surface area contributed by atoms with Gasteiger partial charge in [0.1, 0.15) is 5.76 Å². The van der Waals surface area contributed by atoms with Gasteiger partial charge in [-0.1, -0.05) is 0 Å². The van der Waals surface area contributed by atoms with E-state index in [4.69, 9.17) is 4.42 Å². The minimum absolute atomic E-state index is 0.0396. The van der Waals surface area contributed by atoms with Crippen molar-refractivity contribution in [3.8, 4) is 0 Å². The molecule has 0 saturated carbocycles. The standard InChI is InChI=1S/C17H22N2O2S/c1-19(2)14(15-7-5-9-21-15)10-18-17(20)13-11-22-16-8-4-3-6-12(13)16/h5,7,9,11,14H,3-4,6,8,10H2,1-2H3,(H,18,20)/t14-/m1/s1. The lowest BCUT2D eigenvalue weighted by Crippen LogP contribution is -2.34. The van der Waals surface area contributed by atoms with Crippen LogP contribution in [0.5, 0.6) is 0 Å². The number of hydrogen-bond donors (Lipinski definition) is 1. The lowest BCUT2D eigenvalue weighted by molar-refractivity contribution is 0.0938. The second-order valence-electron chi connectivity index (χ2n) is 5.96. The van der Waals surface area contributed by atoms with Crippen molar-refractivity contribution in [2.24, 2.45) is 0 Å². The van der Waals surface area contributed by atoms with Crippen LogP contribution in [0.2, 0.25) is 0 Å². The predicted octanol–water partition coefficient (Wildman–Crippen LogP) is 3.25. The van der Waals surface area contributed by atoms with Crippen LogP contribution in [0, 0.1) is 0 Å². The number of fused-ring (bicyclic) bond motifs is 1. The third-order valence-corrected chi connectivity index (χ3v) is 5.35. The van der Waals surface area contributed by atoms with Gasteiger partial charge in [0.15, 0.2) is 0 Å². The summed E-state index contributed by atoms with van der Waals surface area (Å²) in [5.74, 6) is 0.912. The Morgan fingerprint density at radius 1 is 1.41 bits per heavy atom. The first kappa shape index (κ1) is 15.3. The summed E-state index contributed by atoms with van der Waals surface area (Å²) >= 11 is 1.73. The topological polar surface area (TPSA) is 45.5 Å². The lowest BCUT2D eigenvalue weighted by Gasteiger charge is -2.22. The first-order valence-electron chi connectivity index (χ1n) is 7.74. The average molecular weight is 318 g/mol. The monoisotopic (exact) mass is 318 g/mol. The van der Waals surface area contributed by atoms with E-state index >= 15 is 0 Å². The van der Waals surface area contributed by atoms with E-state index in [2.05, 4.69) is 10.2 Å². The van der Waals surface area contributed by atoms with E-state index in [0.717, 1.165) is 24.2 Å². The number of hydrogen-bond acceptors (Lipinski definition) is 4. The van der Waals surface area contributed by atoms with Gasteiger partial charge in [-0.25, -0.2) is 0 Å². The predicted molar refractivity (Wildman–Crippen MR) is 88.4 cm³/mol. The first-order chi connectivity index (χ1) is 10.7. The fourth-order valence-electron chi connectivity index (χ4n) is 2.99. The van der Waals surface area contributed by atoms with Crippen LogP contribution in [0.1, 0.15) is 45.4 Å². The van der Waals surface area contributed by atoms with Gasteiger partial charge in [-0.3, -0.25) is 9.69 Å². The molecule has 4 nitrogen and oxygen atoms in total. The van der Waals surface area contributed by atoms with Crippen LogP contribution in [-0.2, 0) is 12.8 Å². The van der Waals surface area contributed by atoms with Crippen molar-refractivity contribution >= 4 is 17.2 Å². The number of nitrogens with one attached hydrogen (secondary N) is 1. The Kier molecular flexibility index (Phi) is 4.64. The quantitative estimate of drug-likeness (QED) is 0.920. The normalized spacial score (nSPS) is 15.6. The van der Waals surface area contributed by atoms with E-state index in [1.54, 1.807) is 17.6 Å². The van der Waals surface area contributed by atoms with Crippen LogP contribution in [0.3, 0.4) is 0 Å². The number of likely N-dealkylation sites (N-methyl/N-ethyl adjacent to an activating group) is 1. The van der Waals surface area contributed by atoms with E-state index < -0.39 is 0 Å². The molecule has 0 fully saturated rings. The summed E-state index contributed by atoms with van der Waals surface area (Å²) in [6.45, 7) is 0.546. The zero-order chi connectivity index (χ0) is 15.5. The Hall–Kier alpha value is -1.59. The zero-order valence-electron chi connectivity index (χ0n) is 13.1. The molecule has 1 N–H and O–H groups in total. The molecule has 0 aliphatic heterocycles. The number of carbonyl (C=O) groups is 1. The van der Waals surface area contributed by atoms with Gasteiger partial charge in [0.05, 0.1) is 17.9 Å². The molecule has 0 radical (unpaired) electrons. The van der Waals surface area contributed by atoms with Crippen LogP contribution in [0.4, 0.5) is 0 Å². The minimum Gasteiger partial charge on any atom is -0.468 e. The van der Waals surface area contributed by atoms with Gasteiger partial charge < -0.3 is 9.73 Å². The van der Waals surface area contributed by atoms with Crippen molar-refractivity contribution in [2.75, 3.05) is 20.6 Å². The molecule has 22 heavy (non-hydrogen) atoms. The van der Waals surface area contributed by atoms with Gasteiger partial charge in [0, 0.05) is 16.8 Å². The Morgan fingerprint density at radius 2 is 2.23 bits per heavy atom. The molecule has 0 saturated heterocycles. The molecule has 0 spiro atoms. The highest BCUT2D eigenvalue weighted by molar-refractivity contribution is 7.10. The van der Waals surface area contributed by atoms with Crippen molar-refractivity contribution < 1.29 is 9.21 Å².